The van der Waals surface area contributed by atoms with Crippen LogP contribution in [0.3, 0.4) is 0 Å². The molecule has 3 atom stereocenters. The number of pyridine rings is 1. The first-order chi connectivity index (χ1) is 23.7. The molecule has 4 aliphatic rings. The molecule has 3 fully saturated rings. The van der Waals surface area contributed by atoms with E-state index < -0.39 is 40.6 Å². The van der Waals surface area contributed by atoms with Crippen LogP contribution in [0.15, 0.2) is 35.3 Å². The van der Waals surface area contributed by atoms with Crippen molar-refractivity contribution in [1.82, 2.24) is 10.3 Å². The number of ether oxygens (including phenoxy) is 2. The summed E-state index contributed by atoms with van der Waals surface area (Å²) in [4.78, 5) is 22.0. The minimum Gasteiger partial charge on any atom is -0.489 e. The van der Waals surface area contributed by atoms with Gasteiger partial charge in [0, 0.05) is 66.0 Å². The number of aromatic nitrogens is 1. The number of benzene rings is 2. The topological polar surface area (TPSA) is 125 Å². The first-order valence-corrected chi connectivity index (χ1v) is 17.1. The van der Waals surface area contributed by atoms with Crippen LogP contribution in [0, 0.1) is 23.4 Å². The largest absolute Gasteiger partial charge is 0.489 e. The second-order valence-corrected chi connectivity index (χ2v) is 14.5. The van der Waals surface area contributed by atoms with Crippen molar-refractivity contribution in [3.05, 3.63) is 70.2 Å². The number of anilines is 1. The molecule has 2 aromatic carbocycles. The molecule has 5 N–H and O–H groups in total. The number of halogens is 5. The van der Waals surface area contributed by atoms with Crippen molar-refractivity contribution in [1.29, 1.82) is 0 Å². The maximum Gasteiger partial charge on any atom is 0.248 e. The van der Waals surface area contributed by atoms with E-state index in [0.717, 1.165) is 36.8 Å². The lowest BCUT2D eigenvalue weighted by Gasteiger charge is -2.37. The summed E-state index contributed by atoms with van der Waals surface area (Å²) < 4.78 is 83.7. The van der Waals surface area contributed by atoms with Gasteiger partial charge in [-0.2, -0.15) is 0 Å². The van der Waals surface area contributed by atoms with Crippen LogP contribution >= 0.6 is 0 Å². The number of nitrogens with two attached hydrogens (primary N) is 2. The van der Waals surface area contributed by atoms with Gasteiger partial charge in [0.25, 0.3) is 0 Å². The Morgan fingerprint density at radius 2 is 1.82 bits per heavy atom. The highest BCUT2D eigenvalue weighted by molar-refractivity contribution is 5.90. The van der Waals surface area contributed by atoms with Crippen LogP contribution in [0.1, 0.15) is 93.1 Å². The zero-order valence-electron chi connectivity index (χ0n) is 27.9. The van der Waals surface area contributed by atoms with Crippen molar-refractivity contribution in [3.63, 3.8) is 0 Å². The van der Waals surface area contributed by atoms with Gasteiger partial charge < -0.3 is 26.3 Å². The van der Waals surface area contributed by atoms with E-state index in [1.807, 2.05) is 19.1 Å². The molecule has 0 spiro atoms. The average molecular weight is 698 g/mol. The molecule has 7 rings (SSSR count). The lowest BCUT2D eigenvalue weighted by atomic mass is 9.74. The molecule has 0 bridgehead atoms. The van der Waals surface area contributed by atoms with Gasteiger partial charge in [0.2, 0.25) is 11.8 Å². The summed E-state index contributed by atoms with van der Waals surface area (Å²) in [5.74, 6) is -7.46. The molecule has 3 saturated carbocycles. The molecule has 2 unspecified atom stereocenters. The van der Waals surface area contributed by atoms with E-state index in [4.69, 9.17) is 25.9 Å². The van der Waals surface area contributed by atoms with E-state index in [1.165, 1.54) is 0 Å². The molecule has 266 valence electrons. The predicted molar refractivity (Wildman–Crippen MR) is 178 cm³/mol. The number of amides is 1. The molecular formula is C37H40F5N5O3. The molecule has 2 heterocycles. The molecule has 8 nitrogen and oxygen atoms in total. The fourth-order valence-electron chi connectivity index (χ4n) is 6.70. The Hall–Kier alpha value is -4.26. The number of primary amides is 1. The highest BCUT2D eigenvalue weighted by Gasteiger charge is 2.47. The second-order valence-electron chi connectivity index (χ2n) is 14.5. The van der Waals surface area contributed by atoms with Gasteiger partial charge in [-0.05, 0) is 81.7 Å². The first-order valence-electron chi connectivity index (χ1n) is 17.1. The maximum atomic E-state index is 15.2. The number of fused-ring (bicyclic) bond motifs is 1. The third kappa shape index (κ3) is 6.88. The van der Waals surface area contributed by atoms with E-state index in [2.05, 4.69) is 10.3 Å². The molecule has 1 aromatic heterocycles. The van der Waals surface area contributed by atoms with Gasteiger partial charge in [-0.1, -0.05) is 0 Å². The highest BCUT2D eigenvalue weighted by Crippen LogP contribution is 2.49. The summed E-state index contributed by atoms with van der Waals surface area (Å²) in [5, 5.41) is 3.52. The summed E-state index contributed by atoms with van der Waals surface area (Å²) in [5.41, 5.74) is 13.3. The molecule has 13 heteroatoms. The zero-order chi connectivity index (χ0) is 35.5. The number of carbonyl (C=O) groups is 1. The Morgan fingerprint density at radius 3 is 2.48 bits per heavy atom. The standard InChI is InChI=1S/C37H40F5N5O3/c1-18(20-8-22(16-46-23-3-4-23)32(43)31(9-20)50-24-5-6-24)45-15-21(7-19-13-37(41,42)14-19)30-11-26-34(49-17-36(26,2)35(44)48)33(47-30)25-10-28(39)29(40)12-27(25)38/h8-12,16,18-19,21,23-24,45H,3-7,13-15,17,43H2,1-2H3,(H2,44,48)/t18?,21?,36-/m0/s1. The smallest absolute Gasteiger partial charge is 0.248 e. The van der Waals surface area contributed by atoms with Gasteiger partial charge >= 0.3 is 0 Å². The number of hydrogen-bond donors (Lipinski definition) is 3. The van der Waals surface area contributed by atoms with Gasteiger partial charge in [-0.3, -0.25) is 9.79 Å². The normalized spacial score (nSPS) is 22.5. The third-order valence-electron chi connectivity index (χ3n) is 10.3. The predicted octanol–water partition coefficient (Wildman–Crippen LogP) is 6.88. The molecule has 0 saturated heterocycles. The number of nitrogens with zero attached hydrogens (tertiary/aromatic N) is 2. The van der Waals surface area contributed by atoms with Crippen LogP contribution in [0.25, 0.3) is 11.3 Å². The Morgan fingerprint density at radius 1 is 1.10 bits per heavy atom. The van der Waals surface area contributed by atoms with Crippen molar-refractivity contribution < 1.29 is 36.2 Å². The number of alkyl halides is 2. The highest BCUT2D eigenvalue weighted by atomic mass is 19.3. The number of nitrogens with one attached hydrogen (secondary N) is 1. The molecule has 3 aliphatic carbocycles. The van der Waals surface area contributed by atoms with Crippen LogP contribution in [0.2, 0.25) is 0 Å². The number of aliphatic imine (C=N–C) groups is 1. The van der Waals surface area contributed by atoms with Crippen molar-refractivity contribution in [2.45, 2.75) is 94.2 Å². The van der Waals surface area contributed by atoms with E-state index >= 15 is 4.39 Å². The minimum absolute atomic E-state index is 0.0284. The lowest BCUT2D eigenvalue weighted by Crippen LogP contribution is -2.40. The fraction of sp³-hybridized carbons (Fsp3) is 0.486. The van der Waals surface area contributed by atoms with Crippen LogP contribution < -0.4 is 26.3 Å². The SMILES string of the molecule is CC(NCC(CC1CC(F)(F)C1)c1cc2c(c(-c3cc(F)c(F)cc3F)n1)OC[C@]2(C)C(N)=O)c1cc(C=NC2CC2)c(N)c(OC2CC2)c1. The van der Waals surface area contributed by atoms with Gasteiger partial charge in [-0.15, -0.1) is 0 Å². The van der Waals surface area contributed by atoms with Crippen molar-refractivity contribution >= 4 is 17.8 Å². The Kier molecular flexibility index (Phi) is 8.76. The molecule has 1 aliphatic heterocycles. The molecule has 50 heavy (non-hydrogen) atoms. The van der Waals surface area contributed by atoms with E-state index in [9.17, 15) is 22.4 Å². The third-order valence-corrected chi connectivity index (χ3v) is 10.3. The molecular weight excluding hydrogens is 657 g/mol. The minimum atomic E-state index is -2.76. The summed E-state index contributed by atoms with van der Waals surface area (Å²) in [7, 11) is 0. The number of nitrogen functional groups attached to an aromatic ring is 1. The zero-order valence-corrected chi connectivity index (χ0v) is 27.9. The van der Waals surface area contributed by atoms with Crippen molar-refractivity contribution in [2.75, 3.05) is 18.9 Å². The van der Waals surface area contributed by atoms with Crippen molar-refractivity contribution in [3.8, 4) is 22.8 Å². The fourth-order valence-corrected chi connectivity index (χ4v) is 6.70. The quantitative estimate of drug-likeness (QED) is 0.0775. The summed E-state index contributed by atoms with van der Waals surface area (Å²) in [6.07, 6.45) is 5.60. The number of carbonyl (C=O) groups excluding carboxylic acids is 1. The lowest BCUT2D eigenvalue weighted by molar-refractivity contribution is -0.123. The van der Waals surface area contributed by atoms with Crippen LogP contribution in [0.5, 0.6) is 11.5 Å². The summed E-state index contributed by atoms with van der Waals surface area (Å²) >= 11 is 0. The maximum absolute atomic E-state index is 15.2. The van der Waals surface area contributed by atoms with Gasteiger partial charge in [0.1, 0.15) is 35.0 Å². The van der Waals surface area contributed by atoms with Gasteiger partial charge in [0.05, 0.1) is 17.8 Å². The number of hydrogen-bond acceptors (Lipinski definition) is 7. The molecule has 3 aromatic rings. The number of rotatable bonds is 13. The Labute approximate surface area is 286 Å². The van der Waals surface area contributed by atoms with Crippen LogP contribution in [-0.2, 0) is 10.2 Å². The summed E-state index contributed by atoms with van der Waals surface area (Å²) in [6.45, 7) is 3.60. The Balaban J connectivity index is 1.24. The van der Waals surface area contributed by atoms with Gasteiger partial charge in [-0.25, -0.2) is 26.9 Å². The second kappa shape index (κ2) is 12.8. The molecule has 0 radical (unpaired) electrons. The van der Waals surface area contributed by atoms with Crippen molar-refractivity contribution in [2.24, 2.45) is 16.6 Å². The van der Waals surface area contributed by atoms with E-state index in [-0.39, 0.29) is 61.1 Å². The Bertz CT molecular complexity index is 1860. The monoisotopic (exact) mass is 697 g/mol. The average Bonchev–Trinajstić information content (AvgIpc) is 3.99. The van der Waals surface area contributed by atoms with Gasteiger partial charge in [0.15, 0.2) is 11.6 Å². The first kappa shape index (κ1) is 34.2. The van der Waals surface area contributed by atoms with Crippen LogP contribution in [-0.4, -0.2) is 48.3 Å². The summed E-state index contributed by atoms with van der Waals surface area (Å²) in [6, 6.07) is 6.62. The van der Waals surface area contributed by atoms with E-state index in [0.29, 0.717) is 47.3 Å². The molecule has 1 amide bonds. The van der Waals surface area contributed by atoms with Crippen LogP contribution in [0.4, 0.5) is 27.6 Å². The van der Waals surface area contributed by atoms with E-state index in [1.54, 1.807) is 19.2 Å².